The molecule has 0 fully saturated rings. The average Bonchev–Trinajstić information content (AvgIpc) is 3.45. The van der Waals surface area contributed by atoms with Gasteiger partial charge in [0.2, 0.25) is 0 Å². The lowest BCUT2D eigenvalue weighted by Gasteiger charge is -2.26. The summed E-state index contributed by atoms with van der Waals surface area (Å²) in [5.74, 6) is 1.10. The Kier molecular flexibility index (Phi) is 10.8. The van der Waals surface area contributed by atoms with Crippen molar-refractivity contribution in [3.63, 3.8) is 0 Å². The highest BCUT2D eigenvalue weighted by Gasteiger charge is 2.43. The fourth-order valence-corrected chi connectivity index (χ4v) is 6.27. The van der Waals surface area contributed by atoms with Crippen LogP contribution < -0.4 is 19.3 Å². The van der Waals surface area contributed by atoms with Crippen LogP contribution in [0.15, 0.2) is 159 Å². The number of carbonyl (C=O) groups excluding carboxylic acids is 1. The number of fused-ring (bicyclic) bond motifs is 1. The van der Waals surface area contributed by atoms with Crippen LogP contribution in [0.25, 0.3) is 11.1 Å². The summed E-state index contributed by atoms with van der Waals surface area (Å²) in [6.07, 6.45) is 7.61. The molecule has 6 heteroatoms. The Bertz CT molecular complexity index is 1970. The van der Waals surface area contributed by atoms with Gasteiger partial charge in [-0.2, -0.15) is 0 Å². The number of rotatable bonds is 14. The molecule has 0 saturated heterocycles. The third-order valence-electron chi connectivity index (χ3n) is 9.00. The zero-order valence-corrected chi connectivity index (χ0v) is 30.2. The maximum Gasteiger partial charge on any atom is 0.340 e. The zero-order chi connectivity index (χ0) is 36.7. The fraction of sp³-hybridized carbons (Fsp3) is 0.152. The molecule has 0 spiro atoms. The average molecular weight is 689 g/mol. The predicted octanol–water partition coefficient (Wildman–Crippen LogP) is 9.58. The Labute approximate surface area is 307 Å². The molecule has 6 nitrogen and oxygen atoms in total. The molecule has 0 saturated carbocycles. The molecule has 262 valence electrons. The third kappa shape index (κ3) is 7.72. The van der Waals surface area contributed by atoms with Gasteiger partial charge in [0.25, 0.3) is 0 Å². The molecule has 0 bridgehead atoms. The van der Waals surface area contributed by atoms with Gasteiger partial charge in [-0.3, -0.25) is 0 Å². The molecule has 0 amide bonds. The first-order valence-corrected chi connectivity index (χ1v) is 17.2. The molecule has 1 aliphatic rings. The van der Waals surface area contributed by atoms with Gasteiger partial charge in [-0.05, 0) is 100 Å². The van der Waals surface area contributed by atoms with E-state index in [9.17, 15) is 4.79 Å². The van der Waals surface area contributed by atoms with Crippen molar-refractivity contribution in [2.45, 2.75) is 5.60 Å². The molecule has 5 aromatic rings. The molecule has 0 aliphatic carbocycles. The van der Waals surface area contributed by atoms with E-state index in [1.54, 1.807) is 12.2 Å². The summed E-state index contributed by atoms with van der Waals surface area (Å²) < 4.78 is 18.2. The van der Waals surface area contributed by atoms with E-state index in [1.165, 1.54) is 0 Å². The summed E-state index contributed by atoms with van der Waals surface area (Å²) in [7, 11) is 8.08. The van der Waals surface area contributed by atoms with Crippen LogP contribution in [0.4, 0.5) is 11.4 Å². The monoisotopic (exact) mass is 688 g/mol. The Morgan fingerprint density at radius 3 is 1.37 bits per heavy atom. The van der Waals surface area contributed by atoms with Crippen LogP contribution in [0.5, 0.6) is 11.5 Å². The highest BCUT2D eigenvalue weighted by atomic mass is 16.6. The summed E-state index contributed by atoms with van der Waals surface area (Å²) >= 11 is 0. The topological polar surface area (TPSA) is 51.2 Å². The summed E-state index contributed by atoms with van der Waals surface area (Å²) in [4.78, 5) is 17.9. The van der Waals surface area contributed by atoms with Crippen molar-refractivity contribution in [2.24, 2.45) is 0 Å². The minimum Gasteiger partial charge on any atom is -0.490 e. The molecular formula is C46H44N2O4. The molecule has 0 N–H and O–H groups in total. The van der Waals surface area contributed by atoms with E-state index in [2.05, 4.69) is 83.6 Å². The van der Waals surface area contributed by atoms with Gasteiger partial charge in [0.15, 0.2) is 5.60 Å². The largest absolute Gasteiger partial charge is 0.490 e. The van der Waals surface area contributed by atoms with Crippen molar-refractivity contribution in [3.05, 3.63) is 192 Å². The number of ether oxygens (including phenoxy) is 3. The summed E-state index contributed by atoms with van der Waals surface area (Å²) in [5.41, 5.74) is 7.80. The number of hydrogen-bond donors (Lipinski definition) is 0. The van der Waals surface area contributed by atoms with Gasteiger partial charge in [0, 0.05) is 45.1 Å². The number of esters is 1. The first-order valence-electron chi connectivity index (χ1n) is 17.2. The first kappa shape index (κ1) is 35.6. The van der Waals surface area contributed by atoms with E-state index >= 15 is 0 Å². The van der Waals surface area contributed by atoms with Crippen molar-refractivity contribution in [1.82, 2.24) is 0 Å². The molecule has 6 rings (SSSR count). The van der Waals surface area contributed by atoms with Gasteiger partial charge in [0.1, 0.15) is 24.7 Å². The maximum absolute atomic E-state index is 13.8. The normalized spacial score (nSPS) is 15.3. The Morgan fingerprint density at radius 2 is 0.981 bits per heavy atom. The van der Waals surface area contributed by atoms with Crippen LogP contribution in [0, 0.1) is 0 Å². The van der Waals surface area contributed by atoms with Crippen LogP contribution in [-0.4, -0.2) is 47.4 Å². The quantitative estimate of drug-likeness (QED) is 0.0856. The van der Waals surface area contributed by atoms with Gasteiger partial charge in [-0.15, -0.1) is 0 Å². The van der Waals surface area contributed by atoms with Crippen LogP contribution in [0.2, 0.25) is 0 Å². The number of hydrogen-bond acceptors (Lipinski definition) is 6. The van der Waals surface area contributed by atoms with E-state index in [4.69, 9.17) is 14.2 Å². The van der Waals surface area contributed by atoms with Crippen LogP contribution in [0.1, 0.15) is 38.2 Å². The second-order valence-electron chi connectivity index (χ2n) is 13.0. The smallest absolute Gasteiger partial charge is 0.340 e. The van der Waals surface area contributed by atoms with Gasteiger partial charge in [0.05, 0.1) is 5.56 Å². The third-order valence-corrected chi connectivity index (χ3v) is 9.00. The summed E-state index contributed by atoms with van der Waals surface area (Å²) in [6.45, 7) is 8.36. The Hall–Kier alpha value is -6.27. The van der Waals surface area contributed by atoms with Crippen LogP contribution >= 0.6 is 0 Å². The number of nitrogens with zero attached hydrogens (tertiary/aromatic N) is 2. The van der Waals surface area contributed by atoms with Gasteiger partial charge in [-0.25, -0.2) is 4.79 Å². The van der Waals surface area contributed by atoms with Crippen molar-refractivity contribution in [1.29, 1.82) is 0 Å². The maximum atomic E-state index is 13.8. The number of benzene rings is 5. The van der Waals surface area contributed by atoms with Gasteiger partial charge in [-0.1, -0.05) is 92.0 Å². The zero-order valence-electron chi connectivity index (χ0n) is 30.2. The lowest BCUT2D eigenvalue weighted by Crippen LogP contribution is -2.22. The predicted molar refractivity (Wildman–Crippen MR) is 213 cm³/mol. The molecule has 52 heavy (non-hydrogen) atoms. The Balaban J connectivity index is 1.61. The number of carbonyl (C=O) groups is 1. The van der Waals surface area contributed by atoms with Crippen LogP contribution in [-0.2, 0) is 10.3 Å². The van der Waals surface area contributed by atoms with Crippen molar-refractivity contribution >= 4 is 28.5 Å². The van der Waals surface area contributed by atoms with Crippen LogP contribution in [0.3, 0.4) is 0 Å². The molecule has 5 aromatic carbocycles. The van der Waals surface area contributed by atoms with E-state index in [1.807, 2.05) is 101 Å². The lowest BCUT2D eigenvalue weighted by atomic mass is 9.83. The molecule has 0 radical (unpaired) electrons. The minimum absolute atomic E-state index is 0.381. The molecule has 0 atom stereocenters. The SMILES string of the molecule is C=CCOc1ccc(C(=CC2(C=C(c3ccc(OCC=C)cc3)c3ccc(N(C)C)cc3)OC(=O)c3ccccc32)c2ccc(N(C)C)cc2)cc1. The summed E-state index contributed by atoms with van der Waals surface area (Å²) in [6, 6.07) is 40.4. The molecular weight excluding hydrogens is 645 g/mol. The highest BCUT2D eigenvalue weighted by molar-refractivity contribution is 5.97. The Morgan fingerprint density at radius 1 is 0.596 bits per heavy atom. The molecule has 1 heterocycles. The second-order valence-corrected chi connectivity index (χ2v) is 13.0. The number of cyclic esters (lactones) is 1. The van der Waals surface area contributed by atoms with E-state index in [0.29, 0.717) is 18.8 Å². The van der Waals surface area contributed by atoms with Crippen molar-refractivity contribution in [3.8, 4) is 11.5 Å². The standard InChI is InChI=1S/C46H44N2O4/c1-7-29-50-39-25-17-35(18-26-39)42(33-13-21-37(22-14-33)47(3)4)31-46(44-12-10-9-11-41(44)45(49)52-46)32-43(34-15-23-38(24-16-34)48(5)6)36-19-27-40(28-20-36)51-30-8-2/h7-28,31-32H,1-2,29-30H2,3-6H3. The lowest BCUT2D eigenvalue weighted by molar-refractivity contribution is 0.0299. The van der Waals surface area contributed by atoms with E-state index in [0.717, 1.165) is 61.8 Å². The minimum atomic E-state index is -1.27. The molecule has 1 aliphatic heterocycles. The van der Waals surface area contributed by atoms with Gasteiger partial charge < -0.3 is 24.0 Å². The van der Waals surface area contributed by atoms with Crippen molar-refractivity contribution < 1.29 is 19.0 Å². The van der Waals surface area contributed by atoms with Gasteiger partial charge >= 0.3 is 5.97 Å². The molecule has 0 unspecified atom stereocenters. The second kappa shape index (κ2) is 15.7. The van der Waals surface area contributed by atoms with E-state index < -0.39 is 5.60 Å². The van der Waals surface area contributed by atoms with E-state index in [-0.39, 0.29) is 5.97 Å². The first-order chi connectivity index (χ1) is 25.2. The molecule has 0 aromatic heterocycles. The van der Waals surface area contributed by atoms with Crippen molar-refractivity contribution in [2.75, 3.05) is 51.2 Å². The fourth-order valence-electron chi connectivity index (χ4n) is 6.27. The number of anilines is 2. The highest BCUT2D eigenvalue weighted by Crippen LogP contribution is 2.45. The summed E-state index contributed by atoms with van der Waals surface area (Å²) in [5, 5.41) is 0.